The molecule has 0 radical (unpaired) electrons. The monoisotopic (exact) mass is 408 g/mol. The molecule has 2 aromatic rings. The highest BCUT2D eigenvalue weighted by atomic mass is 16.5. The van der Waals surface area contributed by atoms with Crippen LogP contribution in [0.3, 0.4) is 0 Å². The molecule has 0 amide bonds. The summed E-state index contributed by atoms with van der Waals surface area (Å²) in [7, 11) is 2.76. The highest BCUT2D eigenvalue weighted by Gasteiger charge is 2.44. The number of esters is 1. The van der Waals surface area contributed by atoms with Crippen LogP contribution in [-0.4, -0.2) is 31.1 Å². The molecule has 1 heterocycles. The van der Waals surface area contributed by atoms with E-state index in [9.17, 15) is 14.7 Å². The third-order valence-electron chi connectivity index (χ3n) is 5.79. The first-order valence-corrected chi connectivity index (χ1v) is 9.79. The predicted octanol–water partition coefficient (Wildman–Crippen LogP) is 3.63. The van der Waals surface area contributed by atoms with Crippen LogP contribution in [0.4, 0.5) is 11.4 Å². The second-order valence-corrected chi connectivity index (χ2v) is 7.58. The Bertz CT molecular complexity index is 1050. The summed E-state index contributed by atoms with van der Waals surface area (Å²) in [5.41, 5.74) is 3.26. The number of anilines is 2. The average molecular weight is 408 g/mol. The maximum Gasteiger partial charge on any atom is 0.316 e. The molecule has 7 nitrogen and oxygen atoms in total. The van der Waals surface area contributed by atoms with Crippen molar-refractivity contribution in [3.63, 3.8) is 0 Å². The first kappa shape index (κ1) is 19.8. The van der Waals surface area contributed by atoms with Crippen LogP contribution in [0.2, 0.25) is 0 Å². The number of allylic oxidation sites excluding steroid dienone is 1. The molecule has 7 heteroatoms. The number of carbonyl (C=O) groups excluding carboxylic acids is 2. The number of methoxy groups -OCH3 is 2. The van der Waals surface area contributed by atoms with E-state index < -0.39 is 17.9 Å². The lowest BCUT2D eigenvalue weighted by atomic mass is 9.74. The molecule has 3 N–H and O–H groups in total. The molecule has 0 spiro atoms. The van der Waals surface area contributed by atoms with Gasteiger partial charge in [-0.25, -0.2) is 0 Å². The minimum Gasteiger partial charge on any atom is -0.504 e. The van der Waals surface area contributed by atoms with Crippen LogP contribution in [-0.2, 0) is 14.3 Å². The molecule has 0 bridgehead atoms. The van der Waals surface area contributed by atoms with Gasteiger partial charge in [-0.3, -0.25) is 9.59 Å². The van der Waals surface area contributed by atoms with Gasteiger partial charge in [0.15, 0.2) is 17.3 Å². The zero-order chi connectivity index (χ0) is 21.4. The molecule has 1 aliphatic heterocycles. The van der Waals surface area contributed by atoms with E-state index in [1.165, 1.54) is 14.2 Å². The van der Waals surface area contributed by atoms with Gasteiger partial charge in [0.05, 0.1) is 31.6 Å². The van der Waals surface area contributed by atoms with Gasteiger partial charge in [0.25, 0.3) is 0 Å². The van der Waals surface area contributed by atoms with Crippen molar-refractivity contribution in [2.45, 2.75) is 19.4 Å². The Morgan fingerprint density at radius 3 is 2.53 bits per heavy atom. The number of benzene rings is 2. The minimum atomic E-state index is -0.895. The van der Waals surface area contributed by atoms with Gasteiger partial charge < -0.3 is 25.2 Å². The number of Topliss-reactive ketones (excluding diaryl/α,β-unsaturated/α-hetero) is 1. The number of carbonyl (C=O) groups is 2. The number of aromatic hydroxyl groups is 1. The van der Waals surface area contributed by atoms with E-state index in [4.69, 9.17) is 9.47 Å². The Hall–Kier alpha value is -3.48. The van der Waals surface area contributed by atoms with Crippen molar-refractivity contribution in [1.82, 2.24) is 0 Å². The van der Waals surface area contributed by atoms with E-state index in [0.717, 1.165) is 17.1 Å². The van der Waals surface area contributed by atoms with E-state index in [2.05, 4.69) is 10.6 Å². The number of rotatable bonds is 3. The molecule has 0 saturated heterocycles. The standard InChI is InChI=1S/C23H24N2O5/c1-12-11-16-19(22(27)18(12)23(28)30-3)20(13-7-6-10-17(29-2)21(13)26)25-15-9-5-4-8-14(15)24-16/h4-10,12,18,20,24-26H,11H2,1-3H3. The van der Waals surface area contributed by atoms with Crippen LogP contribution in [0, 0.1) is 11.8 Å². The zero-order valence-corrected chi connectivity index (χ0v) is 17.1. The Labute approximate surface area is 174 Å². The Morgan fingerprint density at radius 1 is 1.10 bits per heavy atom. The second-order valence-electron chi connectivity index (χ2n) is 7.58. The molecule has 3 atom stereocenters. The van der Waals surface area contributed by atoms with Crippen molar-refractivity contribution >= 4 is 23.1 Å². The normalized spacial score (nSPS) is 22.8. The molecular formula is C23H24N2O5. The Balaban J connectivity index is 1.91. The molecule has 4 rings (SSSR count). The molecule has 156 valence electrons. The Kier molecular flexibility index (Phi) is 5.11. The fourth-order valence-corrected chi connectivity index (χ4v) is 4.30. The van der Waals surface area contributed by atoms with Gasteiger partial charge >= 0.3 is 5.97 Å². The van der Waals surface area contributed by atoms with Crippen molar-refractivity contribution in [3.8, 4) is 11.5 Å². The minimum absolute atomic E-state index is 0.0511. The highest BCUT2D eigenvalue weighted by molar-refractivity contribution is 6.11. The number of ketones is 1. The van der Waals surface area contributed by atoms with Gasteiger partial charge in [0.1, 0.15) is 5.92 Å². The summed E-state index contributed by atoms with van der Waals surface area (Å²) in [4.78, 5) is 26.0. The number of hydrogen-bond acceptors (Lipinski definition) is 7. The maximum absolute atomic E-state index is 13.6. The number of hydrogen-bond donors (Lipinski definition) is 3. The van der Waals surface area contributed by atoms with E-state index in [1.807, 2.05) is 31.2 Å². The number of para-hydroxylation sites is 3. The topological polar surface area (TPSA) is 96.9 Å². The van der Waals surface area contributed by atoms with Crippen molar-refractivity contribution in [3.05, 3.63) is 59.3 Å². The van der Waals surface area contributed by atoms with Crippen molar-refractivity contribution in [1.29, 1.82) is 0 Å². The SMILES string of the molecule is COC(=O)C1C(=O)C2=C(CC1C)Nc1ccccc1NC2c1cccc(OC)c1O. The van der Waals surface area contributed by atoms with Crippen molar-refractivity contribution < 1.29 is 24.2 Å². The van der Waals surface area contributed by atoms with Crippen LogP contribution < -0.4 is 15.4 Å². The number of phenols is 1. The lowest BCUT2D eigenvalue weighted by Gasteiger charge is -2.32. The number of nitrogens with one attached hydrogen (secondary N) is 2. The van der Waals surface area contributed by atoms with Crippen molar-refractivity contribution in [2.24, 2.45) is 11.8 Å². The average Bonchev–Trinajstić information content (AvgIpc) is 2.90. The number of fused-ring (bicyclic) bond motifs is 1. The Morgan fingerprint density at radius 2 is 1.83 bits per heavy atom. The van der Waals surface area contributed by atoms with Gasteiger partial charge in [-0.1, -0.05) is 31.2 Å². The molecule has 2 aromatic carbocycles. The smallest absolute Gasteiger partial charge is 0.316 e. The summed E-state index contributed by atoms with van der Waals surface area (Å²) in [5, 5.41) is 17.6. The number of phenolic OH excluding ortho intramolecular Hbond substituents is 1. The fraction of sp³-hybridized carbons (Fsp3) is 0.304. The van der Waals surface area contributed by atoms with Crippen LogP contribution in [0.1, 0.15) is 24.9 Å². The molecule has 0 aromatic heterocycles. The summed E-state index contributed by atoms with van der Waals surface area (Å²) >= 11 is 0. The van der Waals surface area contributed by atoms with Crippen molar-refractivity contribution in [2.75, 3.05) is 24.9 Å². The quantitative estimate of drug-likeness (QED) is 0.527. The third kappa shape index (κ3) is 3.16. The summed E-state index contributed by atoms with van der Waals surface area (Å²) in [6.45, 7) is 1.87. The van der Waals surface area contributed by atoms with E-state index >= 15 is 0 Å². The van der Waals surface area contributed by atoms with Gasteiger partial charge in [0.2, 0.25) is 0 Å². The van der Waals surface area contributed by atoms with E-state index in [0.29, 0.717) is 23.3 Å². The third-order valence-corrected chi connectivity index (χ3v) is 5.79. The van der Waals surface area contributed by atoms with Gasteiger partial charge in [0, 0.05) is 16.8 Å². The van der Waals surface area contributed by atoms with Gasteiger partial charge in [-0.2, -0.15) is 0 Å². The van der Waals surface area contributed by atoms with Crippen LogP contribution in [0.5, 0.6) is 11.5 Å². The summed E-state index contributed by atoms with van der Waals surface area (Å²) < 4.78 is 10.2. The van der Waals surface area contributed by atoms with Crippen LogP contribution in [0.15, 0.2) is 53.7 Å². The summed E-state index contributed by atoms with van der Waals surface area (Å²) in [6, 6.07) is 12.1. The molecule has 0 fully saturated rings. The lowest BCUT2D eigenvalue weighted by Crippen LogP contribution is -2.39. The number of ether oxygens (including phenoxy) is 2. The molecule has 3 unspecified atom stereocenters. The first-order valence-electron chi connectivity index (χ1n) is 9.79. The lowest BCUT2D eigenvalue weighted by molar-refractivity contribution is -0.151. The zero-order valence-electron chi connectivity index (χ0n) is 17.1. The molecular weight excluding hydrogens is 384 g/mol. The molecule has 1 aliphatic carbocycles. The second kappa shape index (κ2) is 7.74. The van der Waals surface area contributed by atoms with E-state index in [1.54, 1.807) is 18.2 Å². The van der Waals surface area contributed by atoms with Gasteiger partial charge in [-0.15, -0.1) is 0 Å². The van der Waals surface area contributed by atoms with E-state index in [-0.39, 0.29) is 17.5 Å². The predicted molar refractivity (Wildman–Crippen MR) is 112 cm³/mol. The van der Waals surface area contributed by atoms with Crippen LogP contribution in [0.25, 0.3) is 0 Å². The summed E-state index contributed by atoms with van der Waals surface area (Å²) in [5.74, 6) is -1.72. The molecule has 30 heavy (non-hydrogen) atoms. The first-order chi connectivity index (χ1) is 14.5. The summed E-state index contributed by atoms with van der Waals surface area (Å²) in [6.07, 6.45) is 0.498. The maximum atomic E-state index is 13.6. The van der Waals surface area contributed by atoms with Gasteiger partial charge in [-0.05, 0) is 30.5 Å². The molecule has 2 aliphatic rings. The molecule has 0 saturated carbocycles. The highest BCUT2D eigenvalue weighted by Crippen LogP contribution is 2.46. The largest absolute Gasteiger partial charge is 0.504 e. The fourth-order valence-electron chi connectivity index (χ4n) is 4.30. The van der Waals surface area contributed by atoms with Crippen LogP contribution >= 0.6 is 0 Å².